The average Bonchev–Trinajstić information content (AvgIpc) is 2.49. The number of hydrogen-bond acceptors (Lipinski definition) is 5. The van der Waals surface area contributed by atoms with Crippen molar-refractivity contribution in [2.75, 3.05) is 26.2 Å². The average molecular weight is 298 g/mol. The lowest BCUT2D eigenvalue weighted by Crippen LogP contribution is -2.40. The Morgan fingerprint density at radius 3 is 2.65 bits per heavy atom. The van der Waals surface area contributed by atoms with Crippen LogP contribution in [-0.4, -0.2) is 38.2 Å². The first-order valence-corrected chi connectivity index (χ1v) is 7.75. The highest BCUT2D eigenvalue weighted by Gasteiger charge is 2.12. The lowest BCUT2D eigenvalue weighted by molar-refractivity contribution is -0.122. The normalized spacial score (nSPS) is 11.8. The van der Waals surface area contributed by atoms with Gasteiger partial charge in [0.05, 0.1) is 20.3 Å². The summed E-state index contributed by atoms with van der Waals surface area (Å²) in [6.07, 6.45) is 2.67. The van der Waals surface area contributed by atoms with Crippen LogP contribution in [0.3, 0.4) is 0 Å². The van der Waals surface area contributed by atoms with Gasteiger partial charge in [-0.25, -0.2) is 0 Å². The minimum absolute atomic E-state index is 0.131. The summed E-state index contributed by atoms with van der Waals surface area (Å²) in [5.74, 6) is 2.06. The maximum Gasteiger partial charge on any atom is 0.237 e. The van der Waals surface area contributed by atoms with Crippen LogP contribution in [0, 0.1) is 0 Å². The van der Waals surface area contributed by atoms with Gasteiger partial charge in [0, 0.05) is 6.54 Å². The number of rotatable bonds is 8. The van der Waals surface area contributed by atoms with Gasteiger partial charge in [0.15, 0.2) is 11.5 Å². The van der Waals surface area contributed by atoms with Crippen molar-refractivity contribution in [3.8, 4) is 11.5 Å². The van der Waals surface area contributed by atoms with E-state index in [1.165, 1.54) is 0 Å². The second kappa shape index (κ2) is 8.71. The second-order valence-corrected chi connectivity index (χ2v) is 5.28. The summed E-state index contributed by atoms with van der Waals surface area (Å²) < 4.78 is 10.4. The Hall–Kier alpha value is -1.40. The maximum atomic E-state index is 11.8. The van der Waals surface area contributed by atoms with Crippen molar-refractivity contribution in [3.05, 3.63) is 23.8 Å². The lowest BCUT2D eigenvalue weighted by atomic mass is 10.2. The van der Waals surface area contributed by atoms with Crippen LogP contribution in [0.25, 0.3) is 0 Å². The summed E-state index contributed by atoms with van der Waals surface area (Å²) >= 11 is 1.68. The van der Waals surface area contributed by atoms with Gasteiger partial charge < -0.3 is 20.5 Å². The third kappa shape index (κ3) is 4.94. The van der Waals surface area contributed by atoms with Crippen molar-refractivity contribution in [3.63, 3.8) is 0 Å². The van der Waals surface area contributed by atoms with E-state index in [1.54, 1.807) is 26.0 Å². The van der Waals surface area contributed by atoms with E-state index < -0.39 is 6.04 Å². The highest BCUT2D eigenvalue weighted by molar-refractivity contribution is 7.98. The number of nitrogens with one attached hydrogen (secondary N) is 1. The molecule has 112 valence electrons. The molecule has 3 N–H and O–H groups in total. The lowest BCUT2D eigenvalue weighted by Gasteiger charge is -2.13. The van der Waals surface area contributed by atoms with Gasteiger partial charge in [0.25, 0.3) is 0 Å². The van der Waals surface area contributed by atoms with E-state index in [1.807, 2.05) is 24.5 Å². The molecule has 0 radical (unpaired) electrons. The molecule has 0 spiro atoms. The molecule has 0 aliphatic carbocycles. The molecule has 1 atom stereocenters. The molecule has 1 rings (SSSR count). The molecule has 1 aromatic rings. The van der Waals surface area contributed by atoms with Crippen LogP contribution in [0.4, 0.5) is 0 Å². The van der Waals surface area contributed by atoms with Gasteiger partial charge in [0.2, 0.25) is 5.91 Å². The standard InChI is InChI=1S/C14H22N2O3S/c1-18-12-5-4-10(8-13(12)19-2)9-16-14(17)11(15)6-7-20-3/h4-5,8,11H,6-7,9,15H2,1-3H3,(H,16,17)/t11-/m0/s1. The molecule has 0 saturated carbocycles. The summed E-state index contributed by atoms with van der Waals surface area (Å²) in [6, 6.07) is 5.08. The molecule has 0 fully saturated rings. The first-order valence-electron chi connectivity index (χ1n) is 6.35. The quantitative estimate of drug-likeness (QED) is 0.759. The number of carbonyl (C=O) groups excluding carboxylic acids is 1. The number of nitrogens with two attached hydrogens (primary N) is 1. The predicted octanol–water partition coefficient (Wildman–Crippen LogP) is 1.40. The van der Waals surface area contributed by atoms with E-state index in [0.29, 0.717) is 24.5 Å². The van der Waals surface area contributed by atoms with Gasteiger partial charge in [-0.3, -0.25) is 4.79 Å². The fourth-order valence-corrected chi connectivity index (χ4v) is 2.18. The number of carbonyl (C=O) groups is 1. The Bertz CT molecular complexity index is 440. The van der Waals surface area contributed by atoms with Crippen molar-refractivity contribution >= 4 is 17.7 Å². The third-order valence-corrected chi connectivity index (χ3v) is 3.53. The topological polar surface area (TPSA) is 73.6 Å². The molecule has 0 aromatic heterocycles. The van der Waals surface area contributed by atoms with Gasteiger partial charge in [-0.1, -0.05) is 6.07 Å². The molecule has 20 heavy (non-hydrogen) atoms. The zero-order valence-corrected chi connectivity index (χ0v) is 13.0. The van der Waals surface area contributed by atoms with Crippen LogP contribution in [0.5, 0.6) is 11.5 Å². The van der Waals surface area contributed by atoms with Gasteiger partial charge in [-0.2, -0.15) is 11.8 Å². The van der Waals surface area contributed by atoms with E-state index >= 15 is 0 Å². The number of benzene rings is 1. The minimum atomic E-state index is -0.456. The molecule has 0 bridgehead atoms. The highest BCUT2D eigenvalue weighted by Crippen LogP contribution is 2.27. The Morgan fingerprint density at radius 1 is 1.35 bits per heavy atom. The monoisotopic (exact) mass is 298 g/mol. The van der Waals surface area contributed by atoms with Crippen molar-refractivity contribution in [2.45, 2.75) is 19.0 Å². The van der Waals surface area contributed by atoms with Crippen LogP contribution in [0.1, 0.15) is 12.0 Å². The molecule has 0 aliphatic rings. The second-order valence-electron chi connectivity index (χ2n) is 4.30. The SMILES string of the molecule is COc1ccc(CNC(=O)[C@@H](N)CCSC)cc1OC. The largest absolute Gasteiger partial charge is 0.493 e. The fraction of sp³-hybridized carbons (Fsp3) is 0.500. The van der Waals surface area contributed by atoms with E-state index in [0.717, 1.165) is 11.3 Å². The first-order chi connectivity index (χ1) is 9.62. The predicted molar refractivity (Wildman–Crippen MR) is 82.4 cm³/mol. The molecular weight excluding hydrogens is 276 g/mol. The van der Waals surface area contributed by atoms with Crippen LogP contribution >= 0.6 is 11.8 Å². The van der Waals surface area contributed by atoms with E-state index in [2.05, 4.69) is 5.32 Å². The zero-order valence-electron chi connectivity index (χ0n) is 12.1. The van der Waals surface area contributed by atoms with Crippen LogP contribution < -0.4 is 20.5 Å². The molecule has 1 amide bonds. The molecule has 0 unspecified atom stereocenters. The molecular formula is C14H22N2O3S. The summed E-state index contributed by atoms with van der Waals surface area (Å²) in [6.45, 7) is 0.423. The molecule has 0 heterocycles. The van der Waals surface area contributed by atoms with Gasteiger partial charge in [-0.05, 0) is 36.1 Å². The Balaban J connectivity index is 2.55. The summed E-state index contributed by atoms with van der Waals surface area (Å²) in [7, 11) is 3.17. The fourth-order valence-electron chi connectivity index (χ4n) is 1.69. The van der Waals surface area contributed by atoms with Crippen molar-refractivity contribution in [2.24, 2.45) is 5.73 Å². The molecule has 5 nitrogen and oxygen atoms in total. The van der Waals surface area contributed by atoms with E-state index in [9.17, 15) is 4.79 Å². The van der Waals surface area contributed by atoms with Crippen LogP contribution in [0.2, 0.25) is 0 Å². The summed E-state index contributed by atoms with van der Waals surface area (Å²) in [5, 5.41) is 2.83. The van der Waals surface area contributed by atoms with Crippen molar-refractivity contribution in [1.29, 1.82) is 0 Å². The number of thioether (sulfide) groups is 1. The number of methoxy groups -OCH3 is 2. The van der Waals surface area contributed by atoms with E-state index in [-0.39, 0.29) is 5.91 Å². The Kier molecular flexibility index (Phi) is 7.25. The molecule has 1 aromatic carbocycles. The smallest absolute Gasteiger partial charge is 0.237 e. The number of ether oxygens (including phenoxy) is 2. The van der Waals surface area contributed by atoms with Gasteiger partial charge >= 0.3 is 0 Å². The van der Waals surface area contributed by atoms with E-state index in [4.69, 9.17) is 15.2 Å². The van der Waals surface area contributed by atoms with Crippen molar-refractivity contribution < 1.29 is 14.3 Å². The number of hydrogen-bond donors (Lipinski definition) is 2. The van der Waals surface area contributed by atoms with Gasteiger partial charge in [-0.15, -0.1) is 0 Å². The minimum Gasteiger partial charge on any atom is -0.493 e. The van der Waals surface area contributed by atoms with Gasteiger partial charge in [0.1, 0.15) is 0 Å². The summed E-state index contributed by atoms with van der Waals surface area (Å²) in [5.41, 5.74) is 6.74. The maximum absolute atomic E-state index is 11.8. The molecule has 6 heteroatoms. The molecule has 0 saturated heterocycles. The number of amides is 1. The zero-order chi connectivity index (χ0) is 15.0. The van der Waals surface area contributed by atoms with Crippen LogP contribution in [-0.2, 0) is 11.3 Å². The first kappa shape index (κ1) is 16.7. The highest BCUT2D eigenvalue weighted by atomic mass is 32.2. The van der Waals surface area contributed by atoms with Crippen molar-refractivity contribution in [1.82, 2.24) is 5.32 Å². The Labute approximate surface area is 124 Å². The third-order valence-electron chi connectivity index (χ3n) is 2.88. The van der Waals surface area contributed by atoms with Crippen LogP contribution in [0.15, 0.2) is 18.2 Å². The Morgan fingerprint density at radius 2 is 2.05 bits per heavy atom. The molecule has 0 aliphatic heterocycles. The summed E-state index contributed by atoms with van der Waals surface area (Å²) in [4.78, 5) is 11.8.